The molecule has 0 N–H and O–H groups in total. The van der Waals surface area contributed by atoms with Crippen LogP contribution in [0.4, 0.5) is 0 Å². The monoisotopic (exact) mass is 385 g/mol. The number of carbonyl (C=O) groups excluding carboxylic acids is 3. The topological polar surface area (TPSA) is 63.7 Å². The maximum Gasteiger partial charge on any atom is 0.303 e. The van der Waals surface area contributed by atoms with E-state index in [1.165, 1.54) is 30.5 Å². The Bertz CT molecular complexity index is 764. The molecule has 6 heteroatoms. The molecule has 2 aromatic rings. The Kier molecular flexibility index (Phi) is 8.07. The van der Waals surface area contributed by atoms with Crippen molar-refractivity contribution in [2.24, 2.45) is 0 Å². The normalized spacial score (nSPS) is 11.5. The lowest BCUT2D eigenvalue weighted by Gasteiger charge is -2.21. The van der Waals surface area contributed by atoms with Crippen LogP contribution in [0, 0.1) is 0 Å². The van der Waals surface area contributed by atoms with Gasteiger partial charge in [0.15, 0.2) is 5.44 Å². The molecule has 0 aliphatic carbocycles. The highest BCUT2D eigenvalue weighted by Gasteiger charge is 2.21. The number of carbonyl (C=O) groups is 3. The summed E-state index contributed by atoms with van der Waals surface area (Å²) in [5, 5.41) is 0. The molecule has 1 atom stereocenters. The Hall–Kier alpha value is -2.60. The highest BCUT2D eigenvalue weighted by molar-refractivity contribution is 7.99. The third-order valence-corrected chi connectivity index (χ3v) is 4.91. The molecule has 0 aliphatic heterocycles. The molecular formula is C21H23NO4S. The third-order valence-electron chi connectivity index (χ3n) is 3.77. The molecular weight excluding hydrogens is 362 g/mol. The highest BCUT2D eigenvalue weighted by atomic mass is 32.2. The van der Waals surface area contributed by atoms with Gasteiger partial charge in [-0.25, -0.2) is 0 Å². The van der Waals surface area contributed by atoms with Gasteiger partial charge in [-0.15, -0.1) is 0 Å². The van der Waals surface area contributed by atoms with Crippen LogP contribution in [0.1, 0.15) is 32.3 Å². The molecule has 27 heavy (non-hydrogen) atoms. The minimum Gasteiger partial charge on any atom is -0.451 e. The second-order valence-electron chi connectivity index (χ2n) is 5.99. The first-order valence-corrected chi connectivity index (χ1v) is 9.57. The van der Waals surface area contributed by atoms with E-state index >= 15 is 0 Å². The Labute approximate surface area is 163 Å². The minimum atomic E-state index is -0.487. The molecule has 1 unspecified atom stereocenters. The van der Waals surface area contributed by atoms with Crippen molar-refractivity contribution < 1.29 is 19.1 Å². The van der Waals surface area contributed by atoms with E-state index in [1.807, 2.05) is 60.7 Å². The van der Waals surface area contributed by atoms with Crippen LogP contribution in [0.5, 0.6) is 0 Å². The van der Waals surface area contributed by atoms with E-state index in [4.69, 9.17) is 4.74 Å². The van der Waals surface area contributed by atoms with Crippen molar-refractivity contribution in [3.63, 3.8) is 0 Å². The predicted octanol–water partition coefficient (Wildman–Crippen LogP) is 4.02. The summed E-state index contributed by atoms with van der Waals surface area (Å²) >= 11 is 1.38. The van der Waals surface area contributed by atoms with E-state index < -0.39 is 11.4 Å². The zero-order chi connectivity index (χ0) is 19.6. The molecule has 0 saturated carbocycles. The van der Waals surface area contributed by atoms with Crippen molar-refractivity contribution in [1.29, 1.82) is 0 Å². The molecule has 0 saturated heterocycles. The number of rotatable bonds is 8. The number of imide groups is 1. The molecule has 2 rings (SSSR count). The fourth-order valence-corrected chi connectivity index (χ4v) is 3.53. The highest BCUT2D eigenvalue weighted by Crippen LogP contribution is 2.27. The quantitative estimate of drug-likeness (QED) is 0.390. The van der Waals surface area contributed by atoms with Gasteiger partial charge in [-0.2, -0.15) is 0 Å². The third kappa shape index (κ3) is 7.27. The lowest BCUT2D eigenvalue weighted by atomic mass is 10.2. The zero-order valence-corrected chi connectivity index (χ0v) is 16.3. The molecule has 0 heterocycles. The van der Waals surface area contributed by atoms with E-state index in [-0.39, 0.29) is 24.8 Å². The Morgan fingerprint density at radius 1 is 0.963 bits per heavy atom. The fraction of sp³-hybridized carbons (Fsp3) is 0.286. The van der Waals surface area contributed by atoms with Gasteiger partial charge in [-0.05, 0) is 17.7 Å². The summed E-state index contributed by atoms with van der Waals surface area (Å²) in [5.41, 5.74) is 0.399. The van der Waals surface area contributed by atoms with Gasteiger partial charge in [0.1, 0.15) is 0 Å². The number of esters is 1. The first-order valence-electron chi connectivity index (χ1n) is 8.69. The van der Waals surface area contributed by atoms with Gasteiger partial charge in [-0.1, -0.05) is 60.3 Å². The van der Waals surface area contributed by atoms with E-state index in [0.29, 0.717) is 6.42 Å². The van der Waals surface area contributed by atoms with Gasteiger partial charge < -0.3 is 4.74 Å². The summed E-state index contributed by atoms with van der Waals surface area (Å²) in [6.45, 7) is 2.96. The first kappa shape index (κ1) is 20.7. The van der Waals surface area contributed by atoms with Crippen LogP contribution in [-0.4, -0.2) is 28.1 Å². The average Bonchev–Trinajstić information content (AvgIpc) is 2.65. The van der Waals surface area contributed by atoms with Crippen LogP contribution in [0.3, 0.4) is 0 Å². The standard InChI is InChI=1S/C21H23NO4S/c1-16(23)22(15-18-9-5-3-6-10-18)20(25)13-14-21(26-17(2)24)27-19-11-7-4-8-12-19/h3-12,21H,13-15H2,1-2H3. The smallest absolute Gasteiger partial charge is 0.303 e. The first-order chi connectivity index (χ1) is 13.0. The van der Waals surface area contributed by atoms with E-state index in [2.05, 4.69) is 0 Å². The Balaban J connectivity index is 1.99. The van der Waals surface area contributed by atoms with Crippen molar-refractivity contribution in [2.75, 3.05) is 0 Å². The molecule has 0 aliphatic rings. The maximum atomic E-state index is 12.6. The maximum absolute atomic E-state index is 12.6. The molecule has 2 amide bonds. The summed E-state index contributed by atoms with van der Waals surface area (Å²) in [7, 11) is 0. The summed E-state index contributed by atoms with van der Waals surface area (Å²) in [4.78, 5) is 38.1. The summed E-state index contributed by atoms with van der Waals surface area (Å²) in [5.74, 6) is -0.982. The number of thioether (sulfide) groups is 1. The van der Waals surface area contributed by atoms with Crippen LogP contribution in [0.25, 0.3) is 0 Å². The van der Waals surface area contributed by atoms with Gasteiger partial charge in [-0.3, -0.25) is 19.3 Å². The summed E-state index contributed by atoms with van der Waals surface area (Å²) in [6, 6.07) is 18.9. The van der Waals surface area contributed by atoms with E-state index in [9.17, 15) is 14.4 Å². The molecule has 0 spiro atoms. The number of hydrogen-bond acceptors (Lipinski definition) is 5. The average molecular weight is 385 g/mol. The lowest BCUT2D eigenvalue weighted by molar-refractivity contribution is -0.147. The van der Waals surface area contributed by atoms with Gasteiger partial charge >= 0.3 is 5.97 Å². The van der Waals surface area contributed by atoms with Crippen molar-refractivity contribution in [3.05, 3.63) is 66.2 Å². The number of nitrogens with zero attached hydrogens (tertiary/aromatic N) is 1. The number of amides is 2. The van der Waals surface area contributed by atoms with Gasteiger partial charge in [0, 0.05) is 31.6 Å². The minimum absolute atomic E-state index is 0.115. The van der Waals surface area contributed by atoms with Gasteiger partial charge in [0.2, 0.25) is 11.8 Å². The molecule has 142 valence electrons. The molecule has 5 nitrogen and oxygen atoms in total. The molecule has 0 radical (unpaired) electrons. The van der Waals surface area contributed by atoms with E-state index in [1.54, 1.807) is 0 Å². The van der Waals surface area contributed by atoms with E-state index in [0.717, 1.165) is 10.5 Å². The van der Waals surface area contributed by atoms with Crippen molar-refractivity contribution in [3.8, 4) is 0 Å². The van der Waals surface area contributed by atoms with Crippen LogP contribution in [0.2, 0.25) is 0 Å². The number of hydrogen-bond donors (Lipinski definition) is 0. The van der Waals surface area contributed by atoms with Crippen LogP contribution in [0.15, 0.2) is 65.6 Å². The second-order valence-corrected chi connectivity index (χ2v) is 7.23. The van der Waals surface area contributed by atoms with Gasteiger partial charge in [0.05, 0.1) is 6.54 Å². The van der Waals surface area contributed by atoms with Crippen molar-refractivity contribution >= 4 is 29.5 Å². The van der Waals surface area contributed by atoms with Crippen LogP contribution < -0.4 is 0 Å². The van der Waals surface area contributed by atoms with Crippen LogP contribution in [-0.2, 0) is 25.7 Å². The predicted molar refractivity (Wildman–Crippen MR) is 105 cm³/mol. The molecule has 0 aromatic heterocycles. The second kappa shape index (κ2) is 10.5. The largest absolute Gasteiger partial charge is 0.451 e. The SMILES string of the molecule is CC(=O)OC(CCC(=O)N(Cc1ccccc1)C(C)=O)Sc1ccccc1. The molecule has 2 aromatic carbocycles. The molecule has 0 bridgehead atoms. The van der Waals surface area contributed by atoms with Crippen LogP contribution >= 0.6 is 11.8 Å². The Morgan fingerprint density at radius 3 is 2.11 bits per heavy atom. The van der Waals surface area contributed by atoms with Gasteiger partial charge in [0.25, 0.3) is 0 Å². The fourth-order valence-electron chi connectivity index (χ4n) is 2.50. The summed E-state index contributed by atoms with van der Waals surface area (Å²) < 4.78 is 5.33. The molecule has 0 fully saturated rings. The zero-order valence-electron chi connectivity index (χ0n) is 15.5. The Morgan fingerprint density at radius 2 is 1.56 bits per heavy atom. The summed E-state index contributed by atoms with van der Waals surface area (Å²) in [6.07, 6.45) is 0.445. The number of benzene rings is 2. The van der Waals surface area contributed by atoms with Crippen molar-refractivity contribution in [2.45, 2.75) is 43.6 Å². The van der Waals surface area contributed by atoms with Crippen molar-refractivity contribution in [1.82, 2.24) is 4.90 Å². The lowest BCUT2D eigenvalue weighted by Crippen LogP contribution is -2.35. The number of ether oxygens (including phenoxy) is 1.